The fourth-order valence-corrected chi connectivity index (χ4v) is 3.66. The van der Waals surface area contributed by atoms with Crippen LogP contribution in [0.25, 0.3) is 0 Å². The highest BCUT2D eigenvalue weighted by atomic mass is 79.9. The topological polar surface area (TPSA) is 58.6 Å². The van der Waals surface area contributed by atoms with E-state index in [0.29, 0.717) is 11.3 Å². The molecule has 2 amide bonds. The van der Waals surface area contributed by atoms with E-state index in [1.54, 1.807) is 25.1 Å². The first-order chi connectivity index (χ1) is 15.4. The molecule has 0 unspecified atom stereocenters. The molecule has 2 rings (SSSR count). The highest BCUT2D eigenvalue weighted by Gasteiger charge is 2.28. The second kappa shape index (κ2) is 11.6. The van der Waals surface area contributed by atoms with Gasteiger partial charge in [-0.15, -0.1) is 0 Å². The summed E-state index contributed by atoms with van der Waals surface area (Å²) in [6.45, 7) is 11.5. The van der Waals surface area contributed by atoms with Crippen LogP contribution in [0.2, 0.25) is 0 Å². The normalized spacial score (nSPS) is 13.2. The minimum absolute atomic E-state index is 0.0220. The predicted molar refractivity (Wildman–Crippen MR) is 133 cm³/mol. The molecule has 0 saturated heterocycles. The summed E-state index contributed by atoms with van der Waals surface area (Å²) in [4.78, 5) is 27.3. The Morgan fingerprint density at radius 3 is 2.39 bits per heavy atom. The lowest BCUT2D eigenvalue weighted by atomic mass is 9.87. The van der Waals surface area contributed by atoms with E-state index in [1.165, 1.54) is 11.0 Å². The van der Waals surface area contributed by atoms with Crippen LogP contribution in [0.15, 0.2) is 46.9 Å². The van der Waals surface area contributed by atoms with E-state index in [2.05, 4.69) is 42.0 Å². The molecule has 2 atom stereocenters. The van der Waals surface area contributed by atoms with Crippen LogP contribution in [0.5, 0.6) is 5.75 Å². The first-order valence-electron chi connectivity index (χ1n) is 11.2. The van der Waals surface area contributed by atoms with Crippen molar-refractivity contribution < 1.29 is 18.7 Å². The summed E-state index contributed by atoms with van der Waals surface area (Å²) in [5.74, 6) is -0.591. The van der Waals surface area contributed by atoms with Crippen LogP contribution in [0.1, 0.15) is 59.1 Å². The number of hydrogen-bond acceptors (Lipinski definition) is 3. The van der Waals surface area contributed by atoms with Gasteiger partial charge < -0.3 is 15.0 Å². The highest BCUT2D eigenvalue weighted by Crippen LogP contribution is 2.31. The van der Waals surface area contributed by atoms with E-state index < -0.39 is 17.8 Å². The molecule has 0 aliphatic heterocycles. The maximum atomic E-state index is 14.3. The number of carbonyl (C=O) groups excluding carboxylic acids is 2. The standard InChI is InChI=1S/C26H34BrFN2O3/c1-7-17(2)29-25(32)18(3)30(15-19-10-8-9-11-22(19)28)24(31)16-33-23-13-12-20(14-21(23)27)26(4,5)6/h8-14,17-18H,7,15-16H2,1-6H3,(H,29,32)/t17-,18-/m0/s1. The summed E-state index contributed by atoms with van der Waals surface area (Å²) in [6, 6.07) is 11.2. The average molecular weight is 521 g/mol. The van der Waals surface area contributed by atoms with Crippen molar-refractivity contribution in [1.29, 1.82) is 0 Å². The number of benzene rings is 2. The van der Waals surface area contributed by atoms with E-state index >= 15 is 0 Å². The summed E-state index contributed by atoms with van der Waals surface area (Å²) in [6.07, 6.45) is 0.765. The van der Waals surface area contributed by atoms with Gasteiger partial charge in [-0.05, 0) is 65.4 Å². The summed E-state index contributed by atoms with van der Waals surface area (Å²) in [5, 5.41) is 2.89. The molecular formula is C26H34BrFN2O3. The first-order valence-corrected chi connectivity index (χ1v) is 12.0. The first kappa shape index (κ1) is 26.8. The molecule has 2 aromatic rings. The Balaban J connectivity index is 2.20. The molecule has 33 heavy (non-hydrogen) atoms. The van der Waals surface area contributed by atoms with Gasteiger partial charge in [-0.2, -0.15) is 0 Å². The fraction of sp³-hybridized carbons (Fsp3) is 0.462. The van der Waals surface area contributed by atoms with E-state index in [-0.39, 0.29) is 30.5 Å². The zero-order valence-electron chi connectivity index (χ0n) is 20.2. The van der Waals surface area contributed by atoms with Crippen molar-refractivity contribution in [2.75, 3.05) is 6.61 Å². The second-order valence-electron chi connectivity index (χ2n) is 9.29. The number of rotatable bonds is 9. The molecule has 7 heteroatoms. The Morgan fingerprint density at radius 1 is 1.15 bits per heavy atom. The highest BCUT2D eigenvalue weighted by molar-refractivity contribution is 9.10. The Kier molecular flexibility index (Phi) is 9.46. The van der Waals surface area contributed by atoms with Crippen molar-refractivity contribution in [3.63, 3.8) is 0 Å². The molecule has 0 aliphatic rings. The van der Waals surface area contributed by atoms with E-state index in [4.69, 9.17) is 4.74 Å². The third-order valence-electron chi connectivity index (χ3n) is 5.62. The summed E-state index contributed by atoms with van der Waals surface area (Å²) in [7, 11) is 0. The van der Waals surface area contributed by atoms with Gasteiger partial charge in [0, 0.05) is 18.2 Å². The molecule has 2 aromatic carbocycles. The number of amides is 2. The second-order valence-corrected chi connectivity index (χ2v) is 10.1. The smallest absolute Gasteiger partial charge is 0.261 e. The van der Waals surface area contributed by atoms with Gasteiger partial charge in [0.25, 0.3) is 5.91 Å². The Hall–Kier alpha value is -2.41. The van der Waals surface area contributed by atoms with Crippen LogP contribution in [-0.4, -0.2) is 35.4 Å². The predicted octanol–water partition coefficient (Wildman–Crippen LogP) is 5.60. The van der Waals surface area contributed by atoms with Crippen molar-refractivity contribution in [2.45, 2.75) is 72.0 Å². The van der Waals surface area contributed by atoms with Crippen LogP contribution in [0.3, 0.4) is 0 Å². The molecule has 0 radical (unpaired) electrons. The lowest BCUT2D eigenvalue weighted by Gasteiger charge is -2.29. The third kappa shape index (κ3) is 7.56. The van der Waals surface area contributed by atoms with E-state index in [1.807, 2.05) is 32.0 Å². The van der Waals surface area contributed by atoms with Gasteiger partial charge in [0.15, 0.2) is 6.61 Å². The minimum Gasteiger partial charge on any atom is -0.483 e. The zero-order valence-corrected chi connectivity index (χ0v) is 21.8. The number of nitrogens with zero attached hydrogens (tertiary/aromatic N) is 1. The molecule has 180 valence electrons. The van der Waals surface area contributed by atoms with Gasteiger partial charge in [0.05, 0.1) is 4.47 Å². The van der Waals surface area contributed by atoms with Crippen LogP contribution in [0.4, 0.5) is 4.39 Å². The number of halogens is 2. The molecular weight excluding hydrogens is 487 g/mol. The quantitative estimate of drug-likeness (QED) is 0.468. The summed E-state index contributed by atoms with van der Waals surface area (Å²) in [5.41, 5.74) is 1.44. The van der Waals surface area contributed by atoms with Crippen molar-refractivity contribution in [2.24, 2.45) is 0 Å². The average Bonchev–Trinajstić information content (AvgIpc) is 2.76. The van der Waals surface area contributed by atoms with E-state index in [0.717, 1.165) is 16.5 Å². The van der Waals surface area contributed by atoms with Crippen LogP contribution >= 0.6 is 15.9 Å². The lowest BCUT2D eigenvalue weighted by molar-refractivity contribution is -0.142. The molecule has 0 fully saturated rings. The minimum atomic E-state index is -0.790. The Bertz CT molecular complexity index is 974. The number of nitrogens with one attached hydrogen (secondary N) is 1. The van der Waals surface area contributed by atoms with Gasteiger partial charge >= 0.3 is 0 Å². The van der Waals surface area contributed by atoms with E-state index in [9.17, 15) is 14.0 Å². The van der Waals surface area contributed by atoms with Gasteiger partial charge in [-0.1, -0.05) is 52.0 Å². The molecule has 5 nitrogen and oxygen atoms in total. The lowest BCUT2D eigenvalue weighted by Crippen LogP contribution is -2.50. The largest absolute Gasteiger partial charge is 0.483 e. The molecule has 0 aromatic heterocycles. The monoisotopic (exact) mass is 520 g/mol. The number of carbonyl (C=O) groups is 2. The third-order valence-corrected chi connectivity index (χ3v) is 6.24. The number of ether oxygens (including phenoxy) is 1. The van der Waals surface area contributed by atoms with Crippen molar-refractivity contribution in [1.82, 2.24) is 10.2 Å². The molecule has 0 saturated carbocycles. The molecule has 0 spiro atoms. The van der Waals surface area contributed by atoms with Crippen molar-refractivity contribution >= 4 is 27.7 Å². The number of hydrogen-bond donors (Lipinski definition) is 1. The Labute approximate surface area is 204 Å². The summed E-state index contributed by atoms with van der Waals surface area (Å²) < 4.78 is 20.8. The van der Waals surface area contributed by atoms with Crippen molar-refractivity contribution in [3.05, 3.63) is 63.9 Å². The van der Waals surface area contributed by atoms with Crippen LogP contribution in [-0.2, 0) is 21.5 Å². The maximum Gasteiger partial charge on any atom is 0.261 e. The maximum absolute atomic E-state index is 14.3. The molecule has 1 N–H and O–H groups in total. The van der Waals surface area contributed by atoms with Crippen molar-refractivity contribution in [3.8, 4) is 5.75 Å². The summed E-state index contributed by atoms with van der Waals surface area (Å²) >= 11 is 3.51. The molecule has 0 bridgehead atoms. The van der Waals surface area contributed by atoms with Gasteiger partial charge in [-0.25, -0.2) is 4.39 Å². The van der Waals surface area contributed by atoms with Crippen LogP contribution in [0, 0.1) is 5.82 Å². The SMILES string of the molecule is CC[C@H](C)NC(=O)[C@H](C)N(Cc1ccccc1F)C(=O)COc1ccc(C(C)(C)C)cc1Br. The van der Waals surface area contributed by atoms with Gasteiger partial charge in [0.1, 0.15) is 17.6 Å². The molecule has 0 heterocycles. The fourth-order valence-electron chi connectivity index (χ4n) is 3.17. The molecule has 0 aliphatic carbocycles. The van der Waals surface area contributed by atoms with Gasteiger partial charge in [0.2, 0.25) is 5.91 Å². The van der Waals surface area contributed by atoms with Gasteiger partial charge in [-0.3, -0.25) is 9.59 Å². The zero-order chi connectivity index (χ0) is 24.8. The Morgan fingerprint density at radius 2 is 1.82 bits per heavy atom. The van der Waals surface area contributed by atoms with Crippen LogP contribution < -0.4 is 10.1 Å².